The normalized spacial score (nSPS) is 19.1. The quantitative estimate of drug-likeness (QED) is 0.636. The van der Waals surface area contributed by atoms with Gasteiger partial charge < -0.3 is 19.6 Å². The monoisotopic (exact) mass is 244 g/mol. The van der Waals surface area contributed by atoms with Crippen LogP contribution in [0.5, 0.6) is 0 Å². The van der Waals surface area contributed by atoms with Crippen molar-refractivity contribution in [2.75, 3.05) is 60.1 Å². The van der Waals surface area contributed by atoms with Crippen molar-refractivity contribution in [2.24, 2.45) is 5.92 Å². The Hall–Kier alpha value is -0.160. The number of rotatable bonds is 8. The number of aliphatic hydroxyl groups excluding tert-OH is 1. The van der Waals surface area contributed by atoms with Gasteiger partial charge >= 0.3 is 0 Å². The van der Waals surface area contributed by atoms with Crippen molar-refractivity contribution in [1.82, 2.24) is 9.80 Å². The predicted molar refractivity (Wildman–Crippen MR) is 70.2 cm³/mol. The third-order valence-electron chi connectivity index (χ3n) is 3.48. The summed E-state index contributed by atoms with van der Waals surface area (Å²) in [6.07, 6.45) is 3.99. The second kappa shape index (κ2) is 8.86. The molecule has 4 heteroatoms. The van der Waals surface area contributed by atoms with Gasteiger partial charge in [0.2, 0.25) is 0 Å². The summed E-state index contributed by atoms with van der Waals surface area (Å²) in [4.78, 5) is 4.75. The minimum absolute atomic E-state index is 0.132. The van der Waals surface area contributed by atoms with Crippen LogP contribution in [-0.2, 0) is 4.74 Å². The average Bonchev–Trinajstić information content (AvgIpc) is 2.33. The first-order valence-corrected chi connectivity index (χ1v) is 6.78. The Labute approximate surface area is 106 Å². The van der Waals surface area contributed by atoms with Crippen molar-refractivity contribution in [3.8, 4) is 0 Å². The van der Waals surface area contributed by atoms with E-state index in [4.69, 9.17) is 9.84 Å². The van der Waals surface area contributed by atoms with Gasteiger partial charge in [-0.1, -0.05) is 0 Å². The minimum Gasteiger partial charge on any atom is -0.394 e. The molecule has 0 spiro atoms. The van der Waals surface area contributed by atoms with Gasteiger partial charge in [0.15, 0.2) is 0 Å². The number of ether oxygens (including phenoxy) is 1. The second-order valence-corrected chi connectivity index (χ2v) is 5.21. The zero-order valence-corrected chi connectivity index (χ0v) is 11.4. The van der Waals surface area contributed by atoms with Gasteiger partial charge in [-0.25, -0.2) is 0 Å². The van der Waals surface area contributed by atoms with Crippen molar-refractivity contribution < 1.29 is 9.84 Å². The molecule has 0 radical (unpaired) electrons. The fourth-order valence-electron chi connectivity index (χ4n) is 2.30. The molecule has 0 bridgehead atoms. The van der Waals surface area contributed by atoms with Crippen LogP contribution in [0.25, 0.3) is 0 Å². The van der Waals surface area contributed by atoms with Crippen LogP contribution in [0.4, 0.5) is 0 Å². The van der Waals surface area contributed by atoms with E-state index in [0.29, 0.717) is 6.61 Å². The highest BCUT2D eigenvalue weighted by Gasteiger charge is 2.18. The summed E-state index contributed by atoms with van der Waals surface area (Å²) in [5.74, 6) is 0.909. The molecular formula is C13H28N2O2. The predicted octanol–water partition coefficient (Wildman–Crippen LogP) is 0.659. The van der Waals surface area contributed by atoms with E-state index in [0.717, 1.165) is 19.1 Å². The molecule has 1 aliphatic rings. The van der Waals surface area contributed by atoms with E-state index in [1.807, 2.05) is 0 Å². The molecule has 1 saturated heterocycles. The number of nitrogens with zero attached hydrogens (tertiary/aromatic N) is 2. The van der Waals surface area contributed by atoms with Gasteiger partial charge in [-0.05, 0) is 58.9 Å². The van der Waals surface area contributed by atoms with Crippen LogP contribution in [0, 0.1) is 5.92 Å². The van der Waals surface area contributed by atoms with E-state index in [9.17, 15) is 0 Å². The molecule has 0 aromatic heterocycles. The summed E-state index contributed by atoms with van der Waals surface area (Å²) in [6, 6.07) is 0. The lowest BCUT2D eigenvalue weighted by Gasteiger charge is -2.32. The molecule has 4 nitrogen and oxygen atoms in total. The zero-order valence-electron chi connectivity index (χ0n) is 11.4. The molecule has 0 aromatic carbocycles. The molecule has 0 saturated carbocycles. The van der Waals surface area contributed by atoms with Crippen LogP contribution in [0.1, 0.15) is 19.3 Å². The van der Waals surface area contributed by atoms with E-state index >= 15 is 0 Å². The molecule has 1 N–H and O–H groups in total. The minimum atomic E-state index is 0.132. The third kappa shape index (κ3) is 6.99. The fourth-order valence-corrected chi connectivity index (χ4v) is 2.30. The summed E-state index contributed by atoms with van der Waals surface area (Å²) >= 11 is 0. The lowest BCUT2D eigenvalue weighted by molar-refractivity contribution is 0.0639. The Bertz CT molecular complexity index is 180. The Morgan fingerprint density at radius 3 is 2.53 bits per heavy atom. The third-order valence-corrected chi connectivity index (χ3v) is 3.48. The van der Waals surface area contributed by atoms with Crippen LogP contribution >= 0.6 is 0 Å². The molecule has 0 atom stereocenters. The SMILES string of the molecule is CN(C)CCC1CCN(CCOCCO)CC1. The first-order chi connectivity index (χ1) is 8.22. The van der Waals surface area contributed by atoms with E-state index in [-0.39, 0.29) is 6.61 Å². The molecular weight excluding hydrogens is 216 g/mol. The van der Waals surface area contributed by atoms with Crippen LogP contribution in [-0.4, -0.2) is 75.0 Å². The number of hydrogen-bond acceptors (Lipinski definition) is 4. The van der Waals surface area contributed by atoms with Crippen molar-refractivity contribution in [1.29, 1.82) is 0 Å². The molecule has 0 amide bonds. The first-order valence-electron chi connectivity index (χ1n) is 6.78. The first kappa shape index (κ1) is 14.9. The lowest BCUT2D eigenvalue weighted by atomic mass is 9.93. The highest BCUT2D eigenvalue weighted by molar-refractivity contribution is 4.72. The highest BCUT2D eigenvalue weighted by Crippen LogP contribution is 2.20. The maximum Gasteiger partial charge on any atom is 0.0698 e. The summed E-state index contributed by atoms with van der Waals surface area (Å²) in [6.45, 7) is 6.00. The fraction of sp³-hybridized carbons (Fsp3) is 1.00. The smallest absolute Gasteiger partial charge is 0.0698 e. The topological polar surface area (TPSA) is 35.9 Å². The van der Waals surface area contributed by atoms with Crippen molar-refractivity contribution in [3.05, 3.63) is 0 Å². The molecule has 0 aromatic rings. The Morgan fingerprint density at radius 1 is 1.24 bits per heavy atom. The molecule has 1 fully saturated rings. The van der Waals surface area contributed by atoms with Crippen molar-refractivity contribution in [3.63, 3.8) is 0 Å². The Kier molecular flexibility index (Phi) is 7.77. The molecule has 102 valence electrons. The number of likely N-dealkylation sites (tertiary alicyclic amines) is 1. The lowest BCUT2D eigenvalue weighted by Crippen LogP contribution is -2.36. The van der Waals surface area contributed by atoms with Gasteiger partial charge in [-0.2, -0.15) is 0 Å². The Balaban J connectivity index is 2.01. The van der Waals surface area contributed by atoms with E-state index in [1.165, 1.54) is 38.9 Å². The van der Waals surface area contributed by atoms with Gasteiger partial charge in [0.05, 0.1) is 19.8 Å². The molecule has 0 aliphatic carbocycles. The van der Waals surface area contributed by atoms with Crippen LogP contribution in [0.3, 0.4) is 0 Å². The summed E-state index contributed by atoms with van der Waals surface area (Å²) in [5, 5.41) is 8.60. The molecule has 0 unspecified atom stereocenters. The van der Waals surface area contributed by atoms with Crippen LogP contribution < -0.4 is 0 Å². The number of piperidine rings is 1. The Morgan fingerprint density at radius 2 is 1.94 bits per heavy atom. The molecule has 1 aliphatic heterocycles. The molecule has 1 heterocycles. The largest absolute Gasteiger partial charge is 0.394 e. The van der Waals surface area contributed by atoms with E-state index < -0.39 is 0 Å². The number of hydrogen-bond donors (Lipinski definition) is 1. The summed E-state index contributed by atoms with van der Waals surface area (Å²) in [7, 11) is 4.29. The van der Waals surface area contributed by atoms with Gasteiger partial charge in [0, 0.05) is 6.54 Å². The maximum atomic E-state index is 8.60. The highest BCUT2D eigenvalue weighted by atomic mass is 16.5. The zero-order chi connectivity index (χ0) is 12.5. The van der Waals surface area contributed by atoms with Gasteiger partial charge in [-0.3, -0.25) is 0 Å². The standard InChI is InChI=1S/C13H28N2O2/c1-14(2)6-3-13-4-7-15(8-5-13)9-11-17-12-10-16/h13,16H,3-12H2,1-2H3. The van der Waals surface area contributed by atoms with Crippen LogP contribution in [0.2, 0.25) is 0 Å². The van der Waals surface area contributed by atoms with E-state index in [2.05, 4.69) is 23.9 Å². The number of aliphatic hydroxyl groups is 1. The summed E-state index contributed by atoms with van der Waals surface area (Å²) < 4.78 is 5.29. The van der Waals surface area contributed by atoms with Crippen molar-refractivity contribution >= 4 is 0 Å². The second-order valence-electron chi connectivity index (χ2n) is 5.21. The van der Waals surface area contributed by atoms with Crippen molar-refractivity contribution in [2.45, 2.75) is 19.3 Å². The molecule has 17 heavy (non-hydrogen) atoms. The van der Waals surface area contributed by atoms with E-state index in [1.54, 1.807) is 0 Å². The van der Waals surface area contributed by atoms with Gasteiger partial charge in [-0.15, -0.1) is 0 Å². The maximum absolute atomic E-state index is 8.60. The van der Waals surface area contributed by atoms with Gasteiger partial charge in [0.1, 0.15) is 0 Å². The van der Waals surface area contributed by atoms with Crippen LogP contribution in [0.15, 0.2) is 0 Å². The molecule has 1 rings (SSSR count). The van der Waals surface area contributed by atoms with Gasteiger partial charge in [0.25, 0.3) is 0 Å². The average molecular weight is 244 g/mol. The summed E-state index contributed by atoms with van der Waals surface area (Å²) in [5.41, 5.74) is 0.